The summed E-state index contributed by atoms with van der Waals surface area (Å²) in [5.41, 5.74) is 0.473. The van der Waals surface area contributed by atoms with Crippen LogP contribution in [0.25, 0.3) is 0 Å². The lowest BCUT2D eigenvalue weighted by molar-refractivity contribution is -0.150. The van der Waals surface area contributed by atoms with Gasteiger partial charge in [0.1, 0.15) is 5.75 Å². The van der Waals surface area contributed by atoms with Gasteiger partial charge in [0, 0.05) is 11.6 Å². The number of hydrogen-bond donors (Lipinski definition) is 2. The van der Waals surface area contributed by atoms with Gasteiger partial charge >= 0.3 is 5.97 Å². The van der Waals surface area contributed by atoms with Crippen molar-refractivity contribution in [2.45, 2.75) is 38.6 Å². The summed E-state index contributed by atoms with van der Waals surface area (Å²) in [4.78, 5) is 24.2. The number of aromatic hydroxyl groups is 1. The third-order valence-corrected chi connectivity index (χ3v) is 3.80. The molecule has 1 aromatic carbocycles. The second-order valence-electron chi connectivity index (χ2n) is 5.27. The van der Waals surface area contributed by atoms with E-state index in [1.807, 2.05) is 0 Å². The Balaban J connectivity index is 2.03. The molecule has 0 aliphatic heterocycles. The van der Waals surface area contributed by atoms with Crippen LogP contribution >= 0.6 is 0 Å². The summed E-state index contributed by atoms with van der Waals surface area (Å²) in [6.07, 6.45) is 3.51. The number of phenolic OH excluding ortho intramolecular Hbond substituents is 1. The van der Waals surface area contributed by atoms with Crippen LogP contribution in [-0.2, 0) is 9.53 Å². The molecule has 1 fully saturated rings. The smallest absolute Gasteiger partial charge is 0.311 e. The van der Waals surface area contributed by atoms with Gasteiger partial charge in [-0.25, -0.2) is 0 Å². The van der Waals surface area contributed by atoms with Gasteiger partial charge in [0.2, 0.25) is 0 Å². The summed E-state index contributed by atoms with van der Waals surface area (Å²) in [6, 6.07) is 5.89. The van der Waals surface area contributed by atoms with Gasteiger partial charge in [0.15, 0.2) is 0 Å². The molecule has 2 N–H and O–H groups in total. The van der Waals surface area contributed by atoms with Gasteiger partial charge in [0.25, 0.3) is 5.91 Å². The van der Waals surface area contributed by atoms with Gasteiger partial charge in [-0.15, -0.1) is 0 Å². The molecule has 114 valence electrons. The first-order chi connectivity index (χ1) is 10.1. The number of esters is 1. The summed E-state index contributed by atoms with van der Waals surface area (Å²) in [5, 5.41) is 12.2. The lowest BCUT2D eigenvalue weighted by Crippen LogP contribution is -2.45. The van der Waals surface area contributed by atoms with Crippen LogP contribution in [-0.4, -0.2) is 29.6 Å². The van der Waals surface area contributed by atoms with Crippen molar-refractivity contribution in [2.75, 3.05) is 6.61 Å². The maximum absolute atomic E-state index is 12.2. The second kappa shape index (κ2) is 7.11. The standard InChI is InChI=1S/C16H21NO4/c1-2-21-16(20)13-5-3-4-6-14(13)17-15(19)11-7-9-12(18)10-8-11/h7-10,13-14,18H,2-6H2,1H3,(H,17,19)/t13-,14+/m1/s1. The minimum absolute atomic E-state index is 0.119. The maximum Gasteiger partial charge on any atom is 0.311 e. The fourth-order valence-corrected chi connectivity index (χ4v) is 2.70. The second-order valence-corrected chi connectivity index (χ2v) is 5.27. The highest BCUT2D eigenvalue weighted by atomic mass is 16.5. The van der Waals surface area contributed by atoms with Crippen LogP contribution in [0.15, 0.2) is 24.3 Å². The van der Waals surface area contributed by atoms with Crippen molar-refractivity contribution in [3.8, 4) is 5.75 Å². The van der Waals surface area contributed by atoms with Gasteiger partial charge in [-0.05, 0) is 44.0 Å². The van der Waals surface area contributed by atoms with E-state index < -0.39 is 0 Å². The predicted molar refractivity (Wildman–Crippen MR) is 78.0 cm³/mol. The number of amides is 1. The Morgan fingerprint density at radius 3 is 2.57 bits per heavy atom. The highest BCUT2D eigenvalue weighted by Gasteiger charge is 2.33. The van der Waals surface area contributed by atoms with Crippen molar-refractivity contribution in [1.82, 2.24) is 5.32 Å². The first kappa shape index (κ1) is 15.4. The number of carbonyl (C=O) groups is 2. The fraction of sp³-hybridized carbons (Fsp3) is 0.500. The Morgan fingerprint density at radius 1 is 1.24 bits per heavy atom. The molecule has 5 heteroatoms. The molecular weight excluding hydrogens is 270 g/mol. The van der Waals surface area contributed by atoms with Crippen molar-refractivity contribution in [3.63, 3.8) is 0 Å². The van der Waals surface area contributed by atoms with Crippen LogP contribution in [0, 0.1) is 5.92 Å². The molecule has 1 saturated carbocycles. The molecule has 0 heterocycles. The minimum atomic E-state index is -0.264. The maximum atomic E-state index is 12.2. The van der Waals surface area contributed by atoms with Crippen LogP contribution in [0.2, 0.25) is 0 Å². The van der Waals surface area contributed by atoms with E-state index >= 15 is 0 Å². The molecule has 1 aliphatic rings. The molecule has 0 aromatic heterocycles. The highest BCUT2D eigenvalue weighted by molar-refractivity contribution is 5.94. The van der Waals surface area contributed by atoms with Gasteiger partial charge in [-0.3, -0.25) is 9.59 Å². The highest BCUT2D eigenvalue weighted by Crippen LogP contribution is 2.26. The Bertz CT molecular complexity index is 498. The van der Waals surface area contributed by atoms with Crippen LogP contribution in [0.1, 0.15) is 43.0 Å². The summed E-state index contributed by atoms with van der Waals surface area (Å²) < 4.78 is 5.09. The molecule has 2 atom stereocenters. The Hall–Kier alpha value is -2.04. The average molecular weight is 291 g/mol. The van der Waals surface area contributed by atoms with E-state index in [1.165, 1.54) is 12.1 Å². The first-order valence-electron chi connectivity index (χ1n) is 7.38. The Kier molecular flexibility index (Phi) is 5.20. The number of carbonyl (C=O) groups excluding carboxylic acids is 2. The zero-order valence-electron chi connectivity index (χ0n) is 12.2. The number of phenols is 1. The fourth-order valence-electron chi connectivity index (χ4n) is 2.70. The first-order valence-corrected chi connectivity index (χ1v) is 7.38. The van der Waals surface area contributed by atoms with Crippen molar-refractivity contribution in [1.29, 1.82) is 0 Å². The molecule has 0 spiro atoms. The van der Waals surface area contributed by atoms with E-state index in [0.717, 1.165) is 25.7 Å². The predicted octanol–water partition coefficient (Wildman–Crippen LogP) is 2.24. The average Bonchev–Trinajstić information content (AvgIpc) is 2.48. The van der Waals surface area contributed by atoms with Crippen molar-refractivity contribution < 1.29 is 19.4 Å². The van der Waals surface area contributed by atoms with E-state index in [2.05, 4.69) is 5.32 Å². The molecule has 2 rings (SSSR count). The Labute approximate surface area is 124 Å². The van der Waals surface area contributed by atoms with Gasteiger partial charge < -0.3 is 15.2 Å². The van der Waals surface area contributed by atoms with E-state index in [1.54, 1.807) is 19.1 Å². The van der Waals surface area contributed by atoms with Crippen LogP contribution in [0.4, 0.5) is 0 Å². The molecule has 5 nitrogen and oxygen atoms in total. The van der Waals surface area contributed by atoms with Crippen LogP contribution < -0.4 is 5.32 Å². The van der Waals surface area contributed by atoms with E-state index in [4.69, 9.17) is 4.74 Å². The SMILES string of the molecule is CCOC(=O)[C@@H]1CCCC[C@@H]1NC(=O)c1ccc(O)cc1. The lowest BCUT2D eigenvalue weighted by atomic mass is 9.84. The molecule has 21 heavy (non-hydrogen) atoms. The monoisotopic (exact) mass is 291 g/mol. The summed E-state index contributed by atoms with van der Waals surface area (Å²) >= 11 is 0. The minimum Gasteiger partial charge on any atom is -0.508 e. The molecular formula is C16H21NO4. The summed E-state index contributed by atoms with van der Waals surface area (Å²) in [6.45, 7) is 2.14. The number of hydrogen-bond acceptors (Lipinski definition) is 4. The van der Waals surface area contributed by atoms with Crippen LogP contribution in [0.5, 0.6) is 5.75 Å². The summed E-state index contributed by atoms with van der Waals surface area (Å²) in [5.74, 6) is -0.599. The molecule has 0 saturated heterocycles. The number of ether oxygens (including phenoxy) is 1. The van der Waals surface area contributed by atoms with E-state index in [9.17, 15) is 14.7 Å². The normalized spacial score (nSPS) is 21.6. The van der Waals surface area contributed by atoms with Crippen molar-refractivity contribution in [2.24, 2.45) is 5.92 Å². The number of nitrogens with one attached hydrogen (secondary N) is 1. The Morgan fingerprint density at radius 2 is 1.90 bits per heavy atom. The topological polar surface area (TPSA) is 75.6 Å². The molecule has 1 aromatic rings. The quantitative estimate of drug-likeness (QED) is 0.834. The number of rotatable bonds is 4. The van der Waals surface area contributed by atoms with Gasteiger partial charge in [0.05, 0.1) is 12.5 Å². The van der Waals surface area contributed by atoms with Crippen molar-refractivity contribution >= 4 is 11.9 Å². The lowest BCUT2D eigenvalue weighted by Gasteiger charge is -2.30. The van der Waals surface area contributed by atoms with Crippen molar-refractivity contribution in [3.05, 3.63) is 29.8 Å². The van der Waals surface area contributed by atoms with E-state index in [-0.39, 0.29) is 29.6 Å². The molecule has 1 amide bonds. The van der Waals surface area contributed by atoms with Gasteiger partial charge in [-0.2, -0.15) is 0 Å². The number of benzene rings is 1. The molecule has 0 unspecified atom stereocenters. The third-order valence-electron chi connectivity index (χ3n) is 3.80. The summed E-state index contributed by atoms with van der Waals surface area (Å²) in [7, 11) is 0. The third kappa shape index (κ3) is 3.97. The molecule has 0 radical (unpaired) electrons. The zero-order valence-corrected chi connectivity index (χ0v) is 12.2. The zero-order chi connectivity index (χ0) is 15.2. The van der Waals surface area contributed by atoms with E-state index in [0.29, 0.717) is 12.2 Å². The molecule has 0 bridgehead atoms. The van der Waals surface area contributed by atoms with Gasteiger partial charge in [-0.1, -0.05) is 12.8 Å². The molecule has 1 aliphatic carbocycles. The largest absolute Gasteiger partial charge is 0.508 e. The van der Waals surface area contributed by atoms with Crippen LogP contribution in [0.3, 0.4) is 0 Å².